The molecule has 59 heavy (non-hydrogen) atoms. The van der Waals surface area contributed by atoms with Crippen molar-refractivity contribution in [2.24, 2.45) is 0 Å². The van der Waals surface area contributed by atoms with Crippen molar-refractivity contribution in [1.29, 1.82) is 0 Å². The normalized spacial score (nSPS) is 12.1. The molecule has 0 aliphatic heterocycles. The molecular formula is C58H34O. The van der Waals surface area contributed by atoms with Crippen LogP contribution in [0, 0.1) is 0 Å². The summed E-state index contributed by atoms with van der Waals surface area (Å²) in [5, 5.41) is 19.8. The monoisotopic (exact) mass is 746 g/mol. The molecule has 0 spiro atoms. The maximum atomic E-state index is 6.41. The molecule has 1 aromatic heterocycles. The third-order valence-corrected chi connectivity index (χ3v) is 12.8. The highest BCUT2D eigenvalue weighted by molar-refractivity contribution is 6.29. The molecule has 0 aliphatic rings. The third kappa shape index (κ3) is 4.67. The maximum Gasteiger partial charge on any atom is 0.136 e. The molecule has 0 atom stereocenters. The summed E-state index contributed by atoms with van der Waals surface area (Å²) in [6, 6.07) is 75.9. The number of fused-ring (bicyclic) bond motifs is 13. The van der Waals surface area contributed by atoms with Gasteiger partial charge in [0.1, 0.15) is 11.2 Å². The Morgan fingerprint density at radius 2 is 0.678 bits per heavy atom. The van der Waals surface area contributed by atoms with Crippen molar-refractivity contribution in [3.05, 3.63) is 206 Å². The molecule has 1 heteroatoms. The quantitative estimate of drug-likeness (QED) is 0.130. The summed E-state index contributed by atoms with van der Waals surface area (Å²) in [6.45, 7) is 0. The fraction of sp³-hybridized carbons (Fsp3) is 0. The van der Waals surface area contributed by atoms with Crippen LogP contribution in [0.5, 0.6) is 0 Å². The van der Waals surface area contributed by atoms with Gasteiger partial charge >= 0.3 is 0 Å². The minimum Gasteiger partial charge on any atom is -0.456 e. The Kier molecular flexibility index (Phi) is 6.79. The standard InChI is InChI=1S/C58H34O/c1-2-16-37-35(14-1)15-13-26-45(37)57-46-22-7-9-24-48(46)58(49-25-10-8-23-47(49)57)50-31-30-38(39-17-3-4-18-40(39)50)36-28-29-43-51(32-36)41-19-5-6-20-42(41)52-33-54-44-21-11-12-27-55(44)59-56(54)34-53(43)52/h1-34H. The molecule has 0 saturated heterocycles. The molecule has 13 aromatic rings. The first kappa shape index (κ1) is 32.4. The number of furan rings is 1. The van der Waals surface area contributed by atoms with Gasteiger partial charge in [0, 0.05) is 10.8 Å². The minimum absolute atomic E-state index is 0.922. The third-order valence-electron chi connectivity index (χ3n) is 12.8. The van der Waals surface area contributed by atoms with Crippen LogP contribution in [0.25, 0.3) is 131 Å². The summed E-state index contributed by atoms with van der Waals surface area (Å²) in [5.41, 5.74) is 9.34. The zero-order valence-corrected chi connectivity index (χ0v) is 32.0. The Morgan fingerprint density at radius 1 is 0.220 bits per heavy atom. The van der Waals surface area contributed by atoms with Crippen LogP contribution in [-0.2, 0) is 0 Å². The second-order valence-corrected chi connectivity index (χ2v) is 15.9. The number of benzene rings is 12. The van der Waals surface area contributed by atoms with Crippen LogP contribution in [0.15, 0.2) is 211 Å². The maximum absolute atomic E-state index is 6.41. The zero-order chi connectivity index (χ0) is 38.6. The van der Waals surface area contributed by atoms with Crippen LogP contribution < -0.4 is 0 Å². The predicted molar refractivity (Wildman–Crippen MR) is 253 cm³/mol. The van der Waals surface area contributed by atoms with E-state index in [1.807, 2.05) is 6.07 Å². The van der Waals surface area contributed by atoms with Crippen LogP contribution in [0.4, 0.5) is 0 Å². The molecule has 1 heterocycles. The molecule has 0 unspecified atom stereocenters. The first-order chi connectivity index (χ1) is 29.3. The van der Waals surface area contributed by atoms with Gasteiger partial charge in [-0.2, -0.15) is 0 Å². The average molecular weight is 747 g/mol. The van der Waals surface area contributed by atoms with E-state index >= 15 is 0 Å². The van der Waals surface area contributed by atoms with Gasteiger partial charge in [-0.1, -0.05) is 182 Å². The van der Waals surface area contributed by atoms with Gasteiger partial charge in [-0.05, 0) is 133 Å². The second kappa shape index (κ2) is 12.4. The lowest BCUT2D eigenvalue weighted by Crippen LogP contribution is -1.93. The Bertz CT molecular complexity index is 3840. The molecule has 0 radical (unpaired) electrons. The minimum atomic E-state index is 0.922. The first-order valence-electron chi connectivity index (χ1n) is 20.4. The SMILES string of the molecule is c1ccc2c(-c3c4ccccc4c(-c4ccc(-c5ccc6c(c5)c5ccccc5c5cc7c(cc65)oc5ccccc57)c5ccccc45)c4ccccc34)cccc2c1. The fourth-order valence-electron chi connectivity index (χ4n) is 10.3. The van der Waals surface area contributed by atoms with E-state index in [0.717, 1.165) is 21.9 Å². The molecule has 12 aromatic carbocycles. The Labute approximate surface area is 340 Å². The van der Waals surface area contributed by atoms with Gasteiger partial charge in [0.25, 0.3) is 0 Å². The van der Waals surface area contributed by atoms with Crippen molar-refractivity contribution in [3.8, 4) is 33.4 Å². The molecule has 0 fully saturated rings. The fourth-order valence-corrected chi connectivity index (χ4v) is 10.3. The van der Waals surface area contributed by atoms with Crippen LogP contribution in [0.3, 0.4) is 0 Å². The van der Waals surface area contributed by atoms with Gasteiger partial charge in [0.15, 0.2) is 0 Å². The molecule has 0 amide bonds. The number of rotatable bonds is 3. The molecule has 13 rings (SSSR count). The van der Waals surface area contributed by atoms with Gasteiger partial charge in [-0.15, -0.1) is 0 Å². The van der Waals surface area contributed by atoms with E-state index < -0.39 is 0 Å². The van der Waals surface area contributed by atoms with E-state index in [1.54, 1.807) is 0 Å². The van der Waals surface area contributed by atoms with E-state index in [2.05, 4.69) is 200 Å². The van der Waals surface area contributed by atoms with E-state index in [4.69, 9.17) is 4.42 Å². The van der Waals surface area contributed by atoms with Crippen LogP contribution in [-0.4, -0.2) is 0 Å². The Morgan fingerprint density at radius 3 is 1.36 bits per heavy atom. The van der Waals surface area contributed by atoms with Crippen LogP contribution in [0.2, 0.25) is 0 Å². The highest BCUT2D eigenvalue weighted by Crippen LogP contribution is 2.48. The molecule has 272 valence electrons. The lowest BCUT2D eigenvalue weighted by atomic mass is 9.83. The summed E-state index contributed by atoms with van der Waals surface area (Å²) >= 11 is 0. The lowest BCUT2D eigenvalue weighted by Gasteiger charge is -2.20. The summed E-state index contributed by atoms with van der Waals surface area (Å²) in [7, 11) is 0. The number of para-hydroxylation sites is 1. The Balaban J connectivity index is 1.05. The molecular weight excluding hydrogens is 713 g/mol. The smallest absolute Gasteiger partial charge is 0.136 e. The largest absolute Gasteiger partial charge is 0.456 e. The average Bonchev–Trinajstić information content (AvgIpc) is 3.67. The summed E-state index contributed by atoms with van der Waals surface area (Å²) < 4.78 is 6.41. The van der Waals surface area contributed by atoms with E-state index in [9.17, 15) is 0 Å². The summed E-state index contributed by atoms with van der Waals surface area (Å²) in [6.07, 6.45) is 0. The molecule has 0 N–H and O–H groups in total. The zero-order valence-electron chi connectivity index (χ0n) is 32.0. The Hall–Kier alpha value is -7.74. The van der Waals surface area contributed by atoms with Crippen molar-refractivity contribution in [2.75, 3.05) is 0 Å². The topological polar surface area (TPSA) is 13.1 Å². The predicted octanol–water partition coefficient (Wildman–Crippen LogP) is 16.7. The molecule has 1 nitrogen and oxygen atoms in total. The highest BCUT2D eigenvalue weighted by atomic mass is 16.3. The van der Waals surface area contributed by atoms with Gasteiger partial charge in [-0.25, -0.2) is 0 Å². The van der Waals surface area contributed by atoms with Crippen LogP contribution in [0.1, 0.15) is 0 Å². The van der Waals surface area contributed by atoms with E-state index in [1.165, 1.54) is 109 Å². The molecule has 0 saturated carbocycles. The second-order valence-electron chi connectivity index (χ2n) is 15.9. The van der Waals surface area contributed by atoms with Gasteiger partial charge in [0.2, 0.25) is 0 Å². The van der Waals surface area contributed by atoms with E-state index in [-0.39, 0.29) is 0 Å². The van der Waals surface area contributed by atoms with Gasteiger partial charge in [0.05, 0.1) is 0 Å². The summed E-state index contributed by atoms with van der Waals surface area (Å²) in [5.74, 6) is 0. The van der Waals surface area contributed by atoms with Crippen LogP contribution >= 0.6 is 0 Å². The number of hydrogen-bond donors (Lipinski definition) is 0. The number of hydrogen-bond acceptors (Lipinski definition) is 1. The lowest BCUT2D eigenvalue weighted by molar-refractivity contribution is 0.669. The van der Waals surface area contributed by atoms with Crippen molar-refractivity contribution in [2.45, 2.75) is 0 Å². The van der Waals surface area contributed by atoms with Gasteiger partial charge in [-0.3, -0.25) is 0 Å². The van der Waals surface area contributed by atoms with Crippen molar-refractivity contribution >= 4 is 97.3 Å². The molecule has 0 aliphatic carbocycles. The van der Waals surface area contributed by atoms with Crippen molar-refractivity contribution < 1.29 is 4.42 Å². The van der Waals surface area contributed by atoms with E-state index in [0.29, 0.717) is 0 Å². The van der Waals surface area contributed by atoms with Gasteiger partial charge < -0.3 is 4.42 Å². The van der Waals surface area contributed by atoms with Crippen molar-refractivity contribution in [1.82, 2.24) is 0 Å². The summed E-state index contributed by atoms with van der Waals surface area (Å²) in [4.78, 5) is 0. The first-order valence-corrected chi connectivity index (χ1v) is 20.4. The highest BCUT2D eigenvalue weighted by Gasteiger charge is 2.21. The van der Waals surface area contributed by atoms with Crippen molar-refractivity contribution in [3.63, 3.8) is 0 Å². The molecule has 0 bridgehead atoms.